The molecular weight excluding hydrogens is 721 g/mol. The number of hydrogen-bond acceptors (Lipinski definition) is 9. The van der Waals surface area contributed by atoms with Gasteiger partial charge in [0.1, 0.15) is 12.6 Å². The fraction of sp³-hybridized carbons (Fsp3) is 0.605. The number of esters is 2. The van der Waals surface area contributed by atoms with Crippen LogP contribution in [0.4, 0.5) is 0 Å². The second-order valence-electron chi connectivity index (χ2n) is 13.0. The van der Waals surface area contributed by atoms with Crippen molar-refractivity contribution in [2.24, 2.45) is 5.73 Å². The molecule has 0 aromatic carbocycles. The summed E-state index contributed by atoms with van der Waals surface area (Å²) in [6.07, 6.45) is 45.3. The molecule has 0 aliphatic rings. The number of hydrogen-bond donors (Lipinski definition) is 3. The fourth-order valence-electron chi connectivity index (χ4n) is 4.73. The Labute approximate surface area is 331 Å². The second kappa shape index (κ2) is 37.6. The third-order valence-electron chi connectivity index (χ3n) is 7.89. The third-order valence-corrected chi connectivity index (χ3v) is 8.84. The van der Waals surface area contributed by atoms with Crippen LogP contribution in [-0.4, -0.2) is 59.9 Å². The molecule has 0 aliphatic carbocycles. The smallest absolute Gasteiger partial charge is 0.472 e. The van der Waals surface area contributed by atoms with E-state index in [0.29, 0.717) is 19.3 Å². The molecule has 12 heteroatoms. The highest BCUT2D eigenvalue weighted by Gasteiger charge is 2.28. The molecule has 0 amide bonds. The van der Waals surface area contributed by atoms with E-state index < -0.39 is 51.1 Å². The highest BCUT2D eigenvalue weighted by atomic mass is 31.2. The number of unbranched alkanes of at least 4 members (excludes halogenated alkanes) is 8. The Morgan fingerprint density at radius 3 is 1.60 bits per heavy atom. The monoisotopic (exact) mass is 791 g/mol. The molecule has 0 fully saturated rings. The first kappa shape index (κ1) is 51.7. The van der Waals surface area contributed by atoms with Crippen LogP contribution in [0.25, 0.3) is 0 Å². The average molecular weight is 792 g/mol. The summed E-state index contributed by atoms with van der Waals surface area (Å²) in [5.74, 6) is -2.51. The van der Waals surface area contributed by atoms with Crippen molar-refractivity contribution >= 4 is 25.7 Å². The molecule has 1 unspecified atom stereocenters. The van der Waals surface area contributed by atoms with Crippen LogP contribution >= 0.6 is 7.82 Å². The van der Waals surface area contributed by atoms with E-state index in [1.807, 2.05) is 18.2 Å². The first-order valence-corrected chi connectivity index (χ1v) is 21.6. The van der Waals surface area contributed by atoms with Crippen molar-refractivity contribution in [1.29, 1.82) is 0 Å². The molecule has 0 spiro atoms. The van der Waals surface area contributed by atoms with Gasteiger partial charge in [0.2, 0.25) is 0 Å². The first-order chi connectivity index (χ1) is 26.6. The highest BCUT2D eigenvalue weighted by molar-refractivity contribution is 7.47. The van der Waals surface area contributed by atoms with Gasteiger partial charge in [-0.1, -0.05) is 131 Å². The van der Waals surface area contributed by atoms with Crippen molar-refractivity contribution in [2.45, 2.75) is 148 Å². The van der Waals surface area contributed by atoms with Gasteiger partial charge in [0, 0.05) is 12.8 Å². The molecule has 3 atom stereocenters. The first-order valence-electron chi connectivity index (χ1n) is 20.1. The van der Waals surface area contributed by atoms with Crippen molar-refractivity contribution in [2.75, 3.05) is 19.8 Å². The van der Waals surface area contributed by atoms with Gasteiger partial charge in [0.25, 0.3) is 0 Å². The van der Waals surface area contributed by atoms with E-state index in [2.05, 4.69) is 85.2 Å². The van der Waals surface area contributed by atoms with Crippen molar-refractivity contribution < 1.29 is 47.5 Å². The summed E-state index contributed by atoms with van der Waals surface area (Å²) in [5.41, 5.74) is 5.31. The van der Waals surface area contributed by atoms with Crippen LogP contribution in [0.2, 0.25) is 0 Å². The van der Waals surface area contributed by atoms with Crippen molar-refractivity contribution in [1.82, 2.24) is 0 Å². The summed E-state index contributed by atoms with van der Waals surface area (Å²) in [7, 11) is -4.74. The molecule has 4 N–H and O–H groups in total. The lowest BCUT2D eigenvalue weighted by Gasteiger charge is -2.20. The van der Waals surface area contributed by atoms with Gasteiger partial charge in [0.15, 0.2) is 6.10 Å². The molecule has 0 bridgehead atoms. The molecule has 312 valence electrons. The maximum Gasteiger partial charge on any atom is 0.472 e. The molecule has 0 aromatic heterocycles. The normalized spacial score (nSPS) is 14.7. The summed E-state index contributed by atoms with van der Waals surface area (Å²) in [6.45, 7) is 2.55. The van der Waals surface area contributed by atoms with Gasteiger partial charge >= 0.3 is 25.7 Å². The van der Waals surface area contributed by atoms with E-state index >= 15 is 0 Å². The Bertz CT molecular complexity index is 1250. The van der Waals surface area contributed by atoms with Gasteiger partial charge in [-0.25, -0.2) is 4.57 Å². The van der Waals surface area contributed by atoms with Gasteiger partial charge in [-0.15, -0.1) is 0 Å². The Morgan fingerprint density at radius 2 is 1.05 bits per heavy atom. The minimum absolute atomic E-state index is 0.0298. The molecule has 0 aliphatic heterocycles. The largest absolute Gasteiger partial charge is 0.480 e. The number of phosphoric ester groups is 1. The Morgan fingerprint density at radius 1 is 0.582 bits per heavy atom. The number of aliphatic carboxylic acids is 1. The molecule has 55 heavy (non-hydrogen) atoms. The predicted molar refractivity (Wildman–Crippen MR) is 221 cm³/mol. The van der Waals surface area contributed by atoms with Crippen molar-refractivity contribution in [3.63, 3.8) is 0 Å². The fourth-order valence-corrected chi connectivity index (χ4v) is 5.51. The van der Waals surface area contributed by atoms with Gasteiger partial charge in [0.05, 0.1) is 13.2 Å². The molecule has 0 saturated carbocycles. The number of carboxylic acid groups (broad SMARTS) is 1. The van der Waals surface area contributed by atoms with Gasteiger partial charge in [-0.3, -0.25) is 23.4 Å². The summed E-state index contributed by atoms with van der Waals surface area (Å²) >= 11 is 0. The van der Waals surface area contributed by atoms with Crippen LogP contribution in [0.3, 0.4) is 0 Å². The highest BCUT2D eigenvalue weighted by Crippen LogP contribution is 2.43. The predicted octanol–water partition coefficient (Wildman–Crippen LogP) is 10.3. The summed E-state index contributed by atoms with van der Waals surface area (Å²) in [4.78, 5) is 45.8. The topological polar surface area (TPSA) is 172 Å². The number of carbonyl (C=O) groups is 3. The zero-order chi connectivity index (χ0) is 40.7. The zero-order valence-corrected chi connectivity index (χ0v) is 34.4. The number of phosphoric acid groups is 1. The Kier molecular flexibility index (Phi) is 35.3. The standard InChI is InChI=1S/C43H70NO10P/c1-3-5-7-9-11-13-15-17-18-19-20-21-22-23-25-27-29-31-33-35-42(46)54-39(37-52-55(49,50)53-38-40(44)43(47)48)36-51-41(45)34-32-30-28-26-24-16-14-12-10-8-6-4-2/h5,7,11-14,17-18,20-21,23,25,29,31,39-40H,3-4,6,8-10,15-16,19,22,24,26-28,30,32-38,44H2,1-2H3,(H,47,48)(H,49,50)/b7-5-,13-11-,14-12-,18-17-,21-20-,25-23-,31-29-/t39-,40+/m1/s1. The van der Waals surface area contributed by atoms with E-state index in [1.165, 1.54) is 19.3 Å². The SMILES string of the molecule is CC/C=C\C/C=C\C/C=C\C/C=C\C/C=C\C/C=C\CCC(=O)O[C@H](COC(=O)CCCCCCC/C=C\CCCCC)COP(=O)(O)OC[C@H](N)C(=O)O. The molecular formula is C43H70NO10P. The van der Waals surface area contributed by atoms with E-state index in [9.17, 15) is 23.8 Å². The lowest BCUT2D eigenvalue weighted by Crippen LogP contribution is -2.34. The maximum atomic E-state index is 12.6. The molecule has 0 heterocycles. The van der Waals surface area contributed by atoms with Gasteiger partial charge in [-0.2, -0.15) is 0 Å². The van der Waals surface area contributed by atoms with Crippen LogP contribution in [-0.2, 0) is 37.5 Å². The van der Waals surface area contributed by atoms with Gasteiger partial charge < -0.3 is 25.2 Å². The van der Waals surface area contributed by atoms with E-state index in [4.69, 9.17) is 24.8 Å². The lowest BCUT2D eigenvalue weighted by atomic mass is 10.1. The Balaban J connectivity index is 4.57. The third kappa shape index (κ3) is 37.4. The van der Waals surface area contributed by atoms with E-state index in [0.717, 1.165) is 70.6 Å². The number of ether oxygens (including phenoxy) is 2. The zero-order valence-electron chi connectivity index (χ0n) is 33.5. The second-order valence-corrected chi connectivity index (χ2v) is 14.5. The number of rotatable bonds is 36. The quantitative estimate of drug-likeness (QED) is 0.0239. The van der Waals surface area contributed by atoms with Crippen LogP contribution in [0.15, 0.2) is 85.1 Å². The lowest BCUT2D eigenvalue weighted by molar-refractivity contribution is -0.161. The van der Waals surface area contributed by atoms with Crippen LogP contribution in [0, 0.1) is 0 Å². The van der Waals surface area contributed by atoms with Crippen LogP contribution < -0.4 is 5.73 Å². The molecule has 0 rings (SSSR count). The summed E-state index contributed by atoms with van der Waals surface area (Å²) in [5, 5.41) is 8.87. The molecule has 11 nitrogen and oxygen atoms in total. The molecule has 0 saturated heterocycles. The number of carboxylic acids is 1. The average Bonchev–Trinajstić information content (AvgIpc) is 3.16. The summed E-state index contributed by atoms with van der Waals surface area (Å²) < 4.78 is 32.5. The molecule has 0 radical (unpaired) electrons. The molecule has 0 aromatic rings. The van der Waals surface area contributed by atoms with Crippen molar-refractivity contribution in [3.05, 3.63) is 85.1 Å². The number of carbonyl (C=O) groups excluding carboxylic acids is 2. The van der Waals surface area contributed by atoms with Gasteiger partial charge in [-0.05, 0) is 77.0 Å². The van der Waals surface area contributed by atoms with Crippen molar-refractivity contribution in [3.8, 4) is 0 Å². The van der Waals surface area contributed by atoms with E-state index in [1.54, 1.807) is 0 Å². The Hall–Kier alpha value is -3.34. The minimum atomic E-state index is -4.74. The van der Waals surface area contributed by atoms with Crippen LogP contribution in [0.5, 0.6) is 0 Å². The number of nitrogens with two attached hydrogens (primary N) is 1. The minimum Gasteiger partial charge on any atom is -0.480 e. The number of allylic oxidation sites excluding steroid dienone is 14. The summed E-state index contributed by atoms with van der Waals surface area (Å²) in [6, 6.07) is -1.54. The maximum absolute atomic E-state index is 12.6. The van der Waals surface area contributed by atoms with Crippen LogP contribution in [0.1, 0.15) is 136 Å². The van der Waals surface area contributed by atoms with E-state index in [-0.39, 0.29) is 19.4 Å².